The molecule has 2 rings (SSSR count). The highest BCUT2D eigenvalue weighted by atomic mass is 127. The summed E-state index contributed by atoms with van der Waals surface area (Å²) in [5, 5.41) is 1.21. The second-order valence-electron chi connectivity index (χ2n) is 5.94. The van der Waals surface area contributed by atoms with Crippen LogP contribution >= 0.6 is 11.8 Å². The van der Waals surface area contributed by atoms with Crippen molar-refractivity contribution in [3.8, 4) is 0 Å². The summed E-state index contributed by atoms with van der Waals surface area (Å²) in [5.74, 6) is 0. The Kier molecular flexibility index (Phi) is 5.97. The van der Waals surface area contributed by atoms with Crippen LogP contribution in [0.3, 0.4) is 0 Å². The van der Waals surface area contributed by atoms with E-state index in [1.165, 1.54) is 11.5 Å². The summed E-state index contributed by atoms with van der Waals surface area (Å²) in [7, 11) is 0. The van der Waals surface area contributed by atoms with Crippen molar-refractivity contribution in [2.45, 2.75) is 57.7 Å². The largest absolute Gasteiger partial charge is 1.00 e. The number of piperidine rings is 1. The zero-order valence-electron chi connectivity index (χ0n) is 12.0. The lowest BCUT2D eigenvalue weighted by Gasteiger charge is -2.41. The summed E-state index contributed by atoms with van der Waals surface area (Å²) in [6.45, 7) is 6.61. The van der Waals surface area contributed by atoms with Gasteiger partial charge in [-0.15, -0.1) is 0 Å². The molecule has 0 aromatic carbocycles. The van der Waals surface area contributed by atoms with Crippen molar-refractivity contribution < 1.29 is 38.5 Å². The molecule has 0 aromatic heterocycles. The van der Waals surface area contributed by atoms with Crippen molar-refractivity contribution in [2.75, 3.05) is 12.8 Å². The lowest BCUT2D eigenvalue weighted by molar-refractivity contribution is -0.473. The molecule has 0 spiro atoms. The van der Waals surface area contributed by atoms with Gasteiger partial charge >= 0.3 is 6.09 Å². The van der Waals surface area contributed by atoms with Crippen LogP contribution in [-0.2, 0) is 4.74 Å². The number of thioether (sulfide) groups is 1. The molecule has 4 nitrogen and oxygen atoms in total. The van der Waals surface area contributed by atoms with Gasteiger partial charge in [-0.1, -0.05) is 11.8 Å². The van der Waals surface area contributed by atoms with Crippen molar-refractivity contribution in [2.24, 2.45) is 0 Å². The highest BCUT2D eigenvalue weighted by Gasteiger charge is 2.44. The minimum absolute atomic E-state index is 0. The monoisotopic (exact) mass is 398 g/mol. The number of fused-ring (bicyclic) bond motifs is 2. The summed E-state index contributed by atoms with van der Waals surface area (Å²) in [6, 6.07) is 0.483. The van der Waals surface area contributed by atoms with Gasteiger partial charge in [-0.25, -0.2) is 9.79 Å². The fourth-order valence-corrected chi connectivity index (χ4v) is 3.40. The number of halogens is 1. The number of nitrogens with zero attached hydrogens (tertiary/aromatic N) is 1. The van der Waals surface area contributed by atoms with E-state index in [9.17, 15) is 4.79 Å². The van der Waals surface area contributed by atoms with Gasteiger partial charge in [0.05, 0.1) is 6.04 Å². The van der Waals surface area contributed by atoms with E-state index in [1.54, 1.807) is 11.8 Å². The fourth-order valence-electron chi connectivity index (χ4n) is 2.67. The van der Waals surface area contributed by atoms with E-state index in [-0.39, 0.29) is 42.2 Å². The van der Waals surface area contributed by atoms with Gasteiger partial charge in [0.2, 0.25) is 5.04 Å². The van der Waals surface area contributed by atoms with Gasteiger partial charge in [-0.2, -0.15) is 0 Å². The molecule has 0 aliphatic carbocycles. The van der Waals surface area contributed by atoms with Crippen molar-refractivity contribution >= 4 is 22.9 Å². The molecular formula is C13H23IN2O2S. The average Bonchev–Trinajstić information content (AvgIpc) is 2.26. The lowest BCUT2D eigenvalue weighted by Crippen LogP contribution is -3.00. The highest BCUT2D eigenvalue weighted by Crippen LogP contribution is 2.28. The van der Waals surface area contributed by atoms with Gasteiger partial charge in [0.15, 0.2) is 6.54 Å². The number of hydrogen-bond acceptors (Lipinski definition) is 3. The molecule has 2 bridgehead atoms. The fraction of sp³-hybridized carbons (Fsp3) is 0.846. The van der Waals surface area contributed by atoms with Crippen LogP contribution in [0.2, 0.25) is 0 Å². The Morgan fingerprint density at radius 2 is 2.11 bits per heavy atom. The van der Waals surface area contributed by atoms with Crippen molar-refractivity contribution in [3.63, 3.8) is 0 Å². The maximum Gasteiger partial charge on any atom is 0.411 e. The third kappa shape index (κ3) is 4.00. The number of ether oxygens (including phenoxy) is 1. The van der Waals surface area contributed by atoms with E-state index in [0.29, 0.717) is 0 Å². The van der Waals surface area contributed by atoms with E-state index < -0.39 is 5.60 Å². The lowest BCUT2D eigenvalue weighted by atomic mass is 9.94. The maximum absolute atomic E-state index is 12.3. The third-order valence-corrected chi connectivity index (χ3v) is 4.24. The van der Waals surface area contributed by atoms with Crippen LogP contribution in [0.4, 0.5) is 4.79 Å². The first-order chi connectivity index (χ1) is 8.42. The van der Waals surface area contributed by atoms with E-state index in [2.05, 4.69) is 11.2 Å². The van der Waals surface area contributed by atoms with E-state index in [0.717, 1.165) is 19.4 Å². The van der Waals surface area contributed by atoms with Crippen molar-refractivity contribution in [1.29, 1.82) is 0 Å². The zero-order chi connectivity index (χ0) is 13.3. The standard InChI is InChI=1S/C13H22N2O2S.HI/c1-13(2,3)17-12(16)15-9-6-5-7-10(15)11(18-4)14-8-9;/h9-10H,5-8H2,1-4H3;1H. The topological polar surface area (TPSA) is 43.5 Å². The molecular weight excluding hydrogens is 375 g/mol. The van der Waals surface area contributed by atoms with E-state index in [4.69, 9.17) is 4.74 Å². The Morgan fingerprint density at radius 1 is 1.42 bits per heavy atom. The Hall–Kier alpha value is 0.0200. The molecule has 2 aliphatic heterocycles. The molecule has 6 heteroatoms. The SMILES string of the molecule is CSC1=[NH+]CC2CCCC1N2C(=O)OC(C)(C)C.[I-]. The summed E-state index contributed by atoms with van der Waals surface area (Å²) >= 11 is 1.71. The second-order valence-corrected chi connectivity index (χ2v) is 6.79. The molecule has 2 aliphatic rings. The molecule has 1 fully saturated rings. The predicted molar refractivity (Wildman–Crippen MR) is 73.9 cm³/mol. The van der Waals surface area contributed by atoms with Gasteiger partial charge in [0.1, 0.15) is 11.6 Å². The molecule has 19 heavy (non-hydrogen) atoms. The first-order valence-electron chi connectivity index (χ1n) is 6.58. The first-order valence-corrected chi connectivity index (χ1v) is 7.81. The Bertz CT molecular complexity index is 368. The molecule has 1 saturated heterocycles. The molecule has 2 heterocycles. The maximum atomic E-state index is 12.3. The second kappa shape index (κ2) is 6.65. The molecule has 2 atom stereocenters. The minimum atomic E-state index is -0.421. The molecule has 110 valence electrons. The summed E-state index contributed by atoms with van der Waals surface area (Å²) in [5.41, 5.74) is -0.421. The Balaban J connectivity index is 0.00000180. The van der Waals surface area contributed by atoms with Gasteiger partial charge in [0.25, 0.3) is 0 Å². The van der Waals surface area contributed by atoms with Crippen LogP contribution in [0.15, 0.2) is 0 Å². The van der Waals surface area contributed by atoms with Crippen LogP contribution in [-0.4, -0.2) is 46.5 Å². The number of rotatable bonds is 0. The zero-order valence-corrected chi connectivity index (χ0v) is 15.0. The van der Waals surface area contributed by atoms with E-state index in [1.807, 2.05) is 25.7 Å². The van der Waals surface area contributed by atoms with Crippen LogP contribution in [0.5, 0.6) is 0 Å². The van der Waals surface area contributed by atoms with Crippen molar-refractivity contribution in [3.05, 3.63) is 0 Å². The molecule has 0 radical (unpaired) electrons. The van der Waals surface area contributed by atoms with Crippen LogP contribution in [0.25, 0.3) is 0 Å². The number of carbonyl (C=O) groups is 1. The minimum Gasteiger partial charge on any atom is -1.00 e. The highest BCUT2D eigenvalue weighted by molar-refractivity contribution is 8.13. The molecule has 1 N–H and O–H groups in total. The molecule has 2 unspecified atom stereocenters. The Labute approximate surface area is 136 Å². The van der Waals surface area contributed by atoms with E-state index >= 15 is 0 Å². The van der Waals surface area contributed by atoms with Crippen LogP contribution < -0.4 is 29.0 Å². The smallest absolute Gasteiger partial charge is 0.411 e. The number of amides is 1. The number of nitrogens with one attached hydrogen (secondary N) is 1. The van der Waals surface area contributed by atoms with Crippen LogP contribution in [0, 0.1) is 0 Å². The molecule has 0 aromatic rings. The Morgan fingerprint density at radius 3 is 2.68 bits per heavy atom. The normalized spacial score (nSPS) is 26.3. The molecule has 1 amide bonds. The summed E-state index contributed by atoms with van der Waals surface area (Å²) < 4.78 is 5.54. The molecule has 0 saturated carbocycles. The summed E-state index contributed by atoms with van der Waals surface area (Å²) in [4.78, 5) is 17.7. The third-order valence-electron chi connectivity index (χ3n) is 3.38. The van der Waals surface area contributed by atoms with Gasteiger partial charge in [-0.05, 0) is 46.3 Å². The van der Waals surface area contributed by atoms with Gasteiger partial charge < -0.3 is 28.7 Å². The van der Waals surface area contributed by atoms with Gasteiger partial charge in [0, 0.05) is 0 Å². The number of hydrogen-bond donors (Lipinski definition) is 1. The number of carbonyl (C=O) groups excluding carboxylic acids is 1. The quantitative estimate of drug-likeness (QED) is 0.481. The van der Waals surface area contributed by atoms with Crippen molar-refractivity contribution in [1.82, 2.24) is 4.90 Å². The van der Waals surface area contributed by atoms with Gasteiger partial charge in [-0.3, -0.25) is 4.90 Å². The average molecular weight is 398 g/mol. The van der Waals surface area contributed by atoms with Crippen LogP contribution in [0.1, 0.15) is 40.0 Å². The first kappa shape index (κ1) is 17.1. The summed E-state index contributed by atoms with van der Waals surface area (Å²) in [6.07, 6.45) is 5.21. The predicted octanol–water partition coefficient (Wildman–Crippen LogP) is -2.00.